The first-order valence-corrected chi connectivity index (χ1v) is 15.2. The monoisotopic (exact) mass is 576 g/mol. The number of anilines is 1. The maximum absolute atomic E-state index is 15.1. The number of nitrogens with one attached hydrogen (secondary N) is 2. The van der Waals surface area contributed by atoms with Crippen LogP contribution in [-0.2, 0) is 21.2 Å². The summed E-state index contributed by atoms with van der Waals surface area (Å²) in [5.41, 5.74) is 1.35. The second-order valence-corrected chi connectivity index (χ2v) is 13.4. The zero-order valence-corrected chi connectivity index (χ0v) is 24.1. The van der Waals surface area contributed by atoms with Crippen molar-refractivity contribution in [2.75, 3.05) is 18.4 Å². The molecule has 2 aliphatic rings. The molecule has 4 unspecified atom stereocenters. The molecule has 39 heavy (non-hydrogen) atoms. The number of hydrogen-bond donors (Lipinski definition) is 2. The van der Waals surface area contributed by atoms with Crippen LogP contribution in [0.1, 0.15) is 57.1 Å². The minimum atomic E-state index is -3.41. The highest BCUT2D eigenvalue weighted by Gasteiger charge is 2.46. The molecule has 1 amide bonds. The molecule has 0 bridgehead atoms. The number of rotatable bonds is 10. The Kier molecular flexibility index (Phi) is 9.27. The second kappa shape index (κ2) is 12.3. The molecule has 210 valence electrons. The van der Waals surface area contributed by atoms with Gasteiger partial charge < -0.3 is 10.6 Å². The molecule has 1 saturated heterocycles. The minimum absolute atomic E-state index is 0.0134. The predicted molar refractivity (Wildman–Crippen MR) is 152 cm³/mol. The number of nitrogens with zero attached hydrogens (tertiary/aromatic N) is 3. The van der Waals surface area contributed by atoms with E-state index in [-0.39, 0.29) is 46.8 Å². The van der Waals surface area contributed by atoms with Crippen molar-refractivity contribution in [3.63, 3.8) is 0 Å². The van der Waals surface area contributed by atoms with Crippen LogP contribution in [0.4, 0.5) is 10.1 Å². The number of halogens is 2. The first-order chi connectivity index (χ1) is 18.5. The van der Waals surface area contributed by atoms with E-state index in [0.717, 1.165) is 11.8 Å². The Hall–Kier alpha value is -2.58. The van der Waals surface area contributed by atoms with Crippen molar-refractivity contribution in [1.82, 2.24) is 14.6 Å². The third kappa shape index (κ3) is 6.60. The molecule has 0 radical (unpaired) electrons. The van der Waals surface area contributed by atoms with E-state index in [2.05, 4.69) is 20.5 Å². The Bertz CT molecular complexity index is 1330. The smallest absolute Gasteiger partial charge is 0.317 e. The minimum Gasteiger partial charge on any atom is -0.317 e. The van der Waals surface area contributed by atoms with E-state index >= 15 is 4.39 Å². The van der Waals surface area contributed by atoms with Gasteiger partial charge in [-0.25, -0.2) is 12.8 Å². The molecule has 2 aromatic rings. The van der Waals surface area contributed by atoms with Gasteiger partial charge in [-0.2, -0.15) is 4.31 Å². The van der Waals surface area contributed by atoms with Gasteiger partial charge in [0.25, 0.3) is 6.57 Å². The maximum atomic E-state index is 15.1. The molecule has 1 aliphatic carbocycles. The van der Waals surface area contributed by atoms with Crippen molar-refractivity contribution in [1.29, 1.82) is 0 Å². The third-order valence-corrected chi connectivity index (χ3v) is 10.4. The fraction of sp³-hybridized carbons (Fsp3) is 0.536. The van der Waals surface area contributed by atoms with Gasteiger partial charge in [-0.05, 0) is 56.2 Å². The lowest BCUT2D eigenvalue weighted by molar-refractivity contribution is -0.117. The quantitative estimate of drug-likeness (QED) is 0.428. The summed E-state index contributed by atoms with van der Waals surface area (Å²) in [6.07, 6.45) is 4.47. The summed E-state index contributed by atoms with van der Waals surface area (Å²) >= 11 is 6.05. The van der Waals surface area contributed by atoms with Crippen LogP contribution in [-0.4, -0.2) is 60.1 Å². The standard InChI is InChI=1S/C28H35ClFN5O3S/c1-17(2)26(19-5-7-20(29)8-6-19)27(31-4)28(36)34-25-16-33-15-24(30)23(25)12-9-21-14-32-13-18(3)35(21)39(37,38)22-10-11-22/h4-8,15-18,21-22,26-27,32H,9-14H2,1-3H3/p+1. The van der Waals surface area contributed by atoms with Gasteiger partial charge in [0.1, 0.15) is 5.82 Å². The fourth-order valence-corrected chi connectivity index (χ4v) is 7.88. The van der Waals surface area contributed by atoms with Crippen molar-refractivity contribution in [3.05, 3.63) is 63.5 Å². The molecule has 1 aromatic carbocycles. The second-order valence-electron chi connectivity index (χ2n) is 10.8. The van der Waals surface area contributed by atoms with Crippen LogP contribution in [0.15, 0.2) is 36.7 Å². The van der Waals surface area contributed by atoms with Crippen LogP contribution >= 0.6 is 11.6 Å². The molecule has 1 saturated carbocycles. The number of sulfonamides is 1. The topological polar surface area (TPSA) is 95.8 Å². The van der Waals surface area contributed by atoms with E-state index in [4.69, 9.17) is 18.2 Å². The summed E-state index contributed by atoms with van der Waals surface area (Å²) < 4.78 is 43.0. The lowest BCUT2D eigenvalue weighted by Gasteiger charge is -2.40. The molecule has 1 aliphatic heterocycles. The highest BCUT2D eigenvalue weighted by atomic mass is 35.5. The van der Waals surface area contributed by atoms with Crippen molar-refractivity contribution >= 4 is 33.2 Å². The largest absolute Gasteiger partial charge is 0.355 e. The first kappa shape index (κ1) is 29.4. The first-order valence-electron chi connectivity index (χ1n) is 13.4. The van der Waals surface area contributed by atoms with Crippen LogP contribution in [0.3, 0.4) is 0 Å². The van der Waals surface area contributed by atoms with Gasteiger partial charge in [-0.3, -0.25) is 9.78 Å². The van der Waals surface area contributed by atoms with E-state index in [1.165, 1.54) is 6.20 Å². The number of carbonyl (C=O) groups is 1. The van der Waals surface area contributed by atoms with E-state index in [9.17, 15) is 13.2 Å². The SMILES string of the molecule is C#[N+]C(C(=O)Nc1cncc(F)c1CCC1CNCC(C)N1S(=O)(=O)C1CC1)C(c1ccc(Cl)cc1)C(C)C. The van der Waals surface area contributed by atoms with E-state index in [1.54, 1.807) is 16.4 Å². The van der Waals surface area contributed by atoms with Crippen molar-refractivity contribution in [3.8, 4) is 6.57 Å². The molecule has 2 fully saturated rings. The van der Waals surface area contributed by atoms with Gasteiger partial charge in [0.05, 0.1) is 29.2 Å². The van der Waals surface area contributed by atoms with Crippen LogP contribution in [0.25, 0.3) is 4.85 Å². The highest BCUT2D eigenvalue weighted by molar-refractivity contribution is 7.90. The summed E-state index contributed by atoms with van der Waals surface area (Å²) in [6.45, 7) is 12.6. The summed E-state index contributed by atoms with van der Waals surface area (Å²) in [7, 11) is -3.41. The summed E-state index contributed by atoms with van der Waals surface area (Å²) in [5, 5.41) is 6.35. The molecule has 4 rings (SSSR count). The van der Waals surface area contributed by atoms with Crippen LogP contribution in [0.2, 0.25) is 5.02 Å². The van der Waals surface area contributed by atoms with Gasteiger partial charge in [-0.15, -0.1) is 0 Å². The Morgan fingerprint density at radius 1 is 1.26 bits per heavy atom. The molecule has 2 heterocycles. The number of hydrogen-bond acceptors (Lipinski definition) is 5. The zero-order valence-electron chi connectivity index (χ0n) is 22.5. The summed E-state index contributed by atoms with van der Waals surface area (Å²) in [5.74, 6) is -1.38. The van der Waals surface area contributed by atoms with Crippen molar-refractivity contribution in [2.24, 2.45) is 5.92 Å². The molecule has 11 heteroatoms. The average molecular weight is 577 g/mol. The van der Waals surface area contributed by atoms with Crippen molar-refractivity contribution in [2.45, 2.75) is 75.7 Å². The number of amides is 1. The van der Waals surface area contributed by atoms with Crippen molar-refractivity contribution < 1.29 is 17.6 Å². The molecule has 2 N–H and O–H groups in total. The van der Waals surface area contributed by atoms with E-state index < -0.39 is 27.8 Å². The predicted octanol–water partition coefficient (Wildman–Crippen LogP) is 4.67. The third-order valence-electron chi connectivity index (χ3n) is 7.59. The van der Waals surface area contributed by atoms with Crippen LogP contribution in [0.5, 0.6) is 0 Å². The van der Waals surface area contributed by atoms with Crippen LogP contribution < -0.4 is 10.6 Å². The highest BCUT2D eigenvalue weighted by Crippen LogP contribution is 2.35. The maximum Gasteiger partial charge on any atom is 0.355 e. The summed E-state index contributed by atoms with van der Waals surface area (Å²) in [4.78, 5) is 21.3. The molecule has 4 atom stereocenters. The number of pyridine rings is 1. The van der Waals surface area contributed by atoms with Gasteiger partial charge in [0.2, 0.25) is 10.0 Å². The van der Waals surface area contributed by atoms with Gasteiger partial charge in [0.15, 0.2) is 0 Å². The lowest BCUT2D eigenvalue weighted by Crippen LogP contribution is -2.59. The number of piperazine rings is 1. The zero-order chi connectivity index (χ0) is 28.3. The number of benzene rings is 1. The Morgan fingerprint density at radius 2 is 1.95 bits per heavy atom. The Balaban J connectivity index is 1.54. The van der Waals surface area contributed by atoms with E-state index in [0.29, 0.717) is 37.4 Å². The number of aromatic nitrogens is 1. The van der Waals surface area contributed by atoms with E-state index in [1.807, 2.05) is 32.9 Å². The fourth-order valence-electron chi connectivity index (χ4n) is 5.51. The lowest BCUT2D eigenvalue weighted by atomic mass is 9.82. The van der Waals surface area contributed by atoms with Gasteiger partial charge in [0, 0.05) is 35.8 Å². The normalized spacial score (nSPS) is 21.8. The molecule has 0 spiro atoms. The molecular formula is C28H36ClFN5O3S+. The number of carbonyl (C=O) groups excluding carboxylic acids is 1. The molecular weight excluding hydrogens is 541 g/mol. The van der Waals surface area contributed by atoms with Gasteiger partial charge >= 0.3 is 11.9 Å². The summed E-state index contributed by atoms with van der Waals surface area (Å²) in [6, 6.07) is 5.73. The molecule has 1 aromatic heterocycles. The Morgan fingerprint density at radius 3 is 2.56 bits per heavy atom. The van der Waals surface area contributed by atoms with Crippen LogP contribution in [0, 0.1) is 18.3 Å². The van der Waals surface area contributed by atoms with Gasteiger partial charge in [-0.1, -0.05) is 42.4 Å². The average Bonchev–Trinajstić information content (AvgIpc) is 3.73. The molecule has 8 nitrogen and oxygen atoms in total. The Labute approximate surface area is 235 Å².